The van der Waals surface area contributed by atoms with Crippen molar-refractivity contribution in [3.8, 4) is 11.4 Å². The number of imidazole rings is 1. The van der Waals surface area contributed by atoms with Crippen LogP contribution >= 0.6 is 11.6 Å². The lowest BCUT2D eigenvalue weighted by molar-refractivity contribution is 0.824. The molecule has 5 nitrogen and oxygen atoms in total. The quantitative estimate of drug-likeness (QED) is 0.474. The third kappa shape index (κ3) is 3.04. The van der Waals surface area contributed by atoms with E-state index in [2.05, 4.69) is 20.6 Å². The molecule has 0 bridgehead atoms. The molecule has 0 saturated carbocycles. The lowest BCUT2D eigenvalue weighted by Crippen LogP contribution is -2.18. The van der Waals surface area contributed by atoms with Gasteiger partial charge in [-0.2, -0.15) is 0 Å². The number of benzene rings is 2. The Morgan fingerprint density at radius 2 is 1.96 bits per heavy atom. The maximum absolute atomic E-state index is 6.12. The topological polar surface area (TPSA) is 65.6 Å². The number of aromatic amines is 1. The maximum atomic E-state index is 6.12. The van der Waals surface area contributed by atoms with Crippen LogP contribution in [0.25, 0.3) is 33.3 Å². The Hall–Kier alpha value is -2.63. The van der Waals surface area contributed by atoms with Crippen LogP contribution in [0.4, 0.5) is 5.69 Å². The first-order chi connectivity index (χ1) is 12.3. The highest BCUT2D eigenvalue weighted by Gasteiger charge is 2.14. The zero-order valence-electron chi connectivity index (χ0n) is 13.8. The van der Waals surface area contributed by atoms with Crippen LogP contribution in [-0.4, -0.2) is 35.1 Å². The summed E-state index contributed by atoms with van der Waals surface area (Å²) in [6, 6.07) is 13.8. The molecule has 0 unspecified atom stereocenters. The van der Waals surface area contributed by atoms with Crippen molar-refractivity contribution < 1.29 is 0 Å². The molecule has 0 aliphatic carbocycles. The van der Waals surface area contributed by atoms with E-state index in [1.807, 2.05) is 55.7 Å². The third-order valence-corrected chi connectivity index (χ3v) is 4.39. The fourth-order valence-corrected chi connectivity index (χ4v) is 3.10. The van der Waals surface area contributed by atoms with Crippen molar-refractivity contribution in [1.82, 2.24) is 20.3 Å². The molecule has 0 radical (unpaired) electrons. The largest absolute Gasteiger partial charge is 0.383 e. The van der Waals surface area contributed by atoms with E-state index in [4.69, 9.17) is 16.6 Å². The Kier molecular flexibility index (Phi) is 4.26. The summed E-state index contributed by atoms with van der Waals surface area (Å²) in [6.45, 7) is 1.66. The molecule has 0 spiro atoms. The molecule has 25 heavy (non-hydrogen) atoms. The Morgan fingerprint density at radius 1 is 1.08 bits per heavy atom. The summed E-state index contributed by atoms with van der Waals surface area (Å²) in [5.41, 5.74) is 4.77. The monoisotopic (exact) mass is 351 g/mol. The van der Waals surface area contributed by atoms with Crippen molar-refractivity contribution in [2.24, 2.45) is 0 Å². The van der Waals surface area contributed by atoms with Gasteiger partial charge in [0.25, 0.3) is 0 Å². The normalized spacial score (nSPS) is 11.3. The number of H-pyrrole nitrogens is 1. The molecule has 0 fully saturated rings. The third-order valence-electron chi connectivity index (χ3n) is 4.15. The smallest absolute Gasteiger partial charge is 0.142 e. The first kappa shape index (κ1) is 15.9. The average Bonchev–Trinajstić information content (AvgIpc) is 3.05. The fourth-order valence-electron chi connectivity index (χ4n) is 2.93. The summed E-state index contributed by atoms with van der Waals surface area (Å²) in [5.74, 6) is 0.803. The van der Waals surface area contributed by atoms with E-state index < -0.39 is 0 Å². The van der Waals surface area contributed by atoms with Gasteiger partial charge in [-0.25, -0.2) is 4.98 Å². The molecule has 2 heterocycles. The molecule has 0 saturated heterocycles. The Labute approximate surface area is 150 Å². The van der Waals surface area contributed by atoms with Crippen molar-refractivity contribution in [2.75, 3.05) is 25.5 Å². The molecule has 4 rings (SSSR count). The minimum Gasteiger partial charge on any atom is -0.383 e. The summed E-state index contributed by atoms with van der Waals surface area (Å²) < 4.78 is 0. The molecule has 6 heteroatoms. The van der Waals surface area contributed by atoms with E-state index in [0.717, 1.165) is 52.1 Å². The van der Waals surface area contributed by atoms with Gasteiger partial charge in [0.1, 0.15) is 5.82 Å². The summed E-state index contributed by atoms with van der Waals surface area (Å²) in [7, 11) is 1.94. The number of halogens is 1. The number of hydrogen-bond donors (Lipinski definition) is 3. The highest BCUT2D eigenvalue weighted by molar-refractivity contribution is 6.31. The van der Waals surface area contributed by atoms with Crippen molar-refractivity contribution in [1.29, 1.82) is 0 Å². The second-order valence-electron chi connectivity index (χ2n) is 5.84. The van der Waals surface area contributed by atoms with Gasteiger partial charge >= 0.3 is 0 Å². The van der Waals surface area contributed by atoms with Gasteiger partial charge in [-0.05, 0) is 37.4 Å². The van der Waals surface area contributed by atoms with Crippen LogP contribution in [0.5, 0.6) is 0 Å². The Bertz CT molecular complexity index is 1010. The number of nitrogens with zero attached hydrogens (tertiary/aromatic N) is 2. The average molecular weight is 352 g/mol. The molecule has 0 aliphatic rings. The predicted octanol–water partition coefficient (Wildman–Crippen LogP) is 4.06. The van der Waals surface area contributed by atoms with Gasteiger partial charge in [0.2, 0.25) is 0 Å². The molecule has 0 aliphatic heterocycles. The van der Waals surface area contributed by atoms with Gasteiger partial charge in [-0.3, -0.25) is 4.98 Å². The van der Waals surface area contributed by atoms with Crippen LogP contribution in [-0.2, 0) is 0 Å². The highest BCUT2D eigenvalue weighted by Crippen LogP contribution is 2.34. The molecular formula is C19H18ClN5. The number of fused-ring (bicyclic) bond motifs is 2. The van der Waals surface area contributed by atoms with E-state index in [9.17, 15) is 0 Å². The summed E-state index contributed by atoms with van der Waals surface area (Å²) in [4.78, 5) is 12.7. The molecule has 0 amide bonds. The molecule has 4 aromatic rings. The van der Waals surface area contributed by atoms with Crippen molar-refractivity contribution in [3.63, 3.8) is 0 Å². The van der Waals surface area contributed by atoms with E-state index in [1.54, 1.807) is 0 Å². The molecule has 2 aromatic heterocycles. The van der Waals surface area contributed by atoms with Crippen LogP contribution in [0.1, 0.15) is 0 Å². The molecule has 126 valence electrons. The Balaban J connectivity index is 1.89. The highest BCUT2D eigenvalue weighted by atomic mass is 35.5. The first-order valence-corrected chi connectivity index (χ1v) is 8.56. The van der Waals surface area contributed by atoms with Gasteiger partial charge in [0, 0.05) is 29.7 Å². The second-order valence-corrected chi connectivity index (χ2v) is 6.28. The maximum Gasteiger partial charge on any atom is 0.142 e. The summed E-state index contributed by atoms with van der Waals surface area (Å²) in [5, 5.41) is 8.37. The second kappa shape index (κ2) is 6.70. The van der Waals surface area contributed by atoms with Crippen LogP contribution in [0, 0.1) is 0 Å². The molecule has 2 aromatic carbocycles. The van der Waals surface area contributed by atoms with E-state index in [-0.39, 0.29) is 0 Å². The zero-order chi connectivity index (χ0) is 17.2. The van der Waals surface area contributed by atoms with Crippen LogP contribution in [0.3, 0.4) is 0 Å². The van der Waals surface area contributed by atoms with Crippen LogP contribution in [0.2, 0.25) is 5.02 Å². The molecular weight excluding hydrogens is 334 g/mol. The van der Waals surface area contributed by atoms with Crippen LogP contribution < -0.4 is 10.6 Å². The minimum atomic E-state index is 0.678. The SMILES string of the molecule is CNCCNc1c(-c2nc3ccccc3[nH]2)cnc2cc(Cl)ccc12. The number of aromatic nitrogens is 3. The predicted molar refractivity (Wildman–Crippen MR) is 104 cm³/mol. The summed E-state index contributed by atoms with van der Waals surface area (Å²) >= 11 is 6.12. The molecule has 3 N–H and O–H groups in total. The summed E-state index contributed by atoms with van der Waals surface area (Å²) in [6.07, 6.45) is 1.85. The Morgan fingerprint density at radius 3 is 2.80 bits per heavy atom. The number of hydrogen-bond acceptors (Lipinski definition) is 4. The number of anilines is 1. The van der Waals surface area contributed by atoms with E-state index in [0.29, 0.717) is 5.02 Å². The zero-order valence-corrected chi connectivity index (χ0v) is 14.6. The fraction of sp³-hybridized carbons (Fsp3) is 0.158. The van der Waals surface area contributed by atoms with Crippen molar-refractivity contribution in [3.05, 3.63) is 53.7 Å². The van der Waals surface area contributed by atoms with Gasteiger partial charge in [-0.1, -0.05) is 23.7 Å². The van der Waals surface area contributed by atoms with Gasteiger partial charge in [-0.15, -0.1) is 0 Å². The number of rotatable bonds is 5. The van der Waals surface area contributed by atoms with Crippen LogP contribution in [0.15, 0.2) is 48.7 Å². The number of nitrogens with one attached hydrogen (secondary N) is 3. The van der Waals surface area contributed by atoms with Gasteiger partial charge in [0.05, 0.1) is 27.8 Å². The molecule has 0 atom stereocenters. The van der Waals surface area contributed by atoms with Gasteiger partial charge < -0.3 is 15.6 Å². The van der Waals surface area contributed by atoms with E-state index >= 15 is 0 Å². The lowest BCUT2D eigenvalue weighted by atomic mass is 10.1. The van der Waals surface area contributed by atoms with Crippen molar-refractivity contribution >= 4 is 39.2 Å². The van der Waals surface area contributed by atoms with Crippen molar-refractivity contribution in [2.45, 2.75) is 0 Å². The first-order valence-electron chi connectivity index (χ1n) is 8.18. The standard InChI is InChI=1S/C19H18ClN5/c1-21-8-9-22-18-13-7-6-12(20)10-17(13)23-11-14(18)19-24-15-4-2-3-5-16(15)25-19/h2-7,10-11,21H,8-9H2,1H3,(H,22,23)(H,24,25). The lowest BCUT2D eigenvalue weighted by Gasteiger charge is -2.13. The number of para-hydroxylation sites is 2. The number of pyridine rings is 1. The minimum absolute atomic E-state index is 0.678. The number of likely N-dealkylation sites (N-methyl/N-ethyl adjacent to an activating group) is 1. The van der Waals surface area contributed by atoms with E-state index in [1.165, 1.54) is 0 Å². The van der Waals surface area contributed by atoms with Gasteiger partial charge in [0.15, 0.2) is 0 Å².